The maximum Gasteiger partial charge on any atom is 0.209 e. The average molecular weight is 705 g/mol. The summed E-state index contributed by atoms with van der Waals surface area (Å²) < 4.78 is 53.0. The standard InChI is InChI=1S/C37H48N6O6S/c1-25-7-14-30(15-8-25)50(44,45)35(27-11-16-33-32(21-27)43(18-20-48-33)17-6-19-46-4)49-34-24-38-28(23-37(2,3)36-39-41-42-40-36)22-31(34)26-9-12-29(47-5)13-10-26/h7-16,21,28,31,34-35,38H,6,17-20,22-24H2,1-5H3,(H,39,40,41,42)/t28-,31+,34-,35?/m0/s1. The number of hydrogen-bond acceptors (Lipinski definition) is 11. The zero-order valence-electron chi connectivity index (χ0n) is 29.5. The van der Waals surface area contributed by atoms with E-state index in [1.54, 1.807) is 26.4 Å². The molecule has 4 atom stereocenters. The van der Waals surface area contributed by atoms with Crippen molar-refractivity contribution in [3.63, 3.8) is 0 Å². The Morgan fingerprint density at radius 2 is 1.84 bits per heavy atom. The number of sulfone groups is 1. The maximum absolute atomic E-state index is 14.6. The number of tetrazole rings is 1. The van der Waals surface area contributed by atoms with E-state index >= 15 is 0 Å². The normalized spacial score (nSPS) is 20.2. The van der Waals surface area contributed by atoms with Gasteiger partial charge in [-0.1, -0.05) is 55.0 Å². The summed E-state index contributed by atoms with van der Waals surface area (Å²) in [4.78, 5) is 2.44. The Morgan fingerprint density at radius 3 is 2.54 bits per heavy atom. The third kappa shape index (κ3) is 7.96. The molecular formula is C37H48N6O6S. The van der Waals surface area contributed by atoms with E-state index in [0.29, 0.717) is 44.1 Å². The third-order valence-electron chi connectivity index (χ3n) is 9.77. The molecule has 6 rings (SSSR count). The summed E-state index contributed by atoms with van der Waals surface area (Å²) in [7, 11) is -0.662. The first kappa shape index (κ1) is 35.8. The number of piperidine rings is 1. The van der Waals surface area contributed by atoms with Gasteiger partial charge in [-0.05, 0) is 73.7 Å². The van der Waals surface area contributed by atoms with Crippen LogP contribution in [0.5, 0.6) is 11.5 Å². The molecule has 13 heteroatoms. The molecule has 0 spiro atoms. The van der Waals surface area contributed by atoms with E-state index in [0.717, 1.165) is 47.7 Å². The summed E-state index contributed by atoms with van der Waals surface area (Å²) in [5.74, 6) is 2.01. The van der Waals surface area contributed by atoms with Crippen LogP contribution in [-0.4, -0.2) is 88.3 Å². The van der Waals surface area contributed by atoms with Crippen LogP contribution >= 0.6 is 0 Å². The number of benzene rings is 3. The molecule has 0 aliphatic carbocycles. The summed E-state index contributed by atoms with van der Waals surface area (Å²) in [6, 6.07) is 20.6. The number of fused-ring (bicyclic) bond motifs is 1. The molecule has 0 radical (unpaired) electrons. The summed E-state index contributed by atoms with van der Waals surface area (Å²) in [5, 5.41) is 18.5. The van der Waals surface area contributed by atoms with Crippen molar-refractivity contribution in [2.75, 3.05) is 52.0 Å². The second-order valence-corrected chi connectivity index (χ2v) is 15.8. The summed E-state index contributed by atoms with van der Waals surface area (Å²) in [5.41, 5.74) is 1.83. The van der Waals surface area contributed by atoms with Crippen LogP contribution in [0.1, 0.15) is 67.0 Å². The predicted molar refractivity (Wildman–Crippen MR) is 191 cm³/mol. The van der Waals surface area contributed by atoms with Gasteiger partial charge in [0.25, 0.3) is 0 Å². The minimum absolute atomic E-state index is 0.0872. The van der Waals surface area contributed by atoms with E-state index in [1.807, 2.05) is 61.5 Å². The van der Waals surface area contributed by atoms with Crippen LogP contribution in [0.4, 0.5) is 5.69 Å². The molecule has 12 nitrogen and oxygen atoms in total. The lowest BCUT2D eigenvalue weighted by molar-refractivity contribution is -0.00801. The minimum atomic E-state index is -4.00. The molecule has 3 heterocycles. The number of aromatic nitrogens is 4. The van der Waals surface area contributed by atoms with Crippen molar-refractivity contribution in [2.24, 2.45) is 0 Å². The number of nitrogens with one attached hydrogen (secondary N) is 2. The van der Waals surface area contributed by atoms with Gasteiger partial charge < -0.3 is 29.2 Å². The van der Waals surface area contributed by atoms with Gasteiger partial charge in [-0.15, -0.1) is 10.2 Å². The van der Waals surface area contributed by atoms with Gasteiger partial charge in [-0.25, -0.2) is 8.42 Å². The van der Waals surface area contributed by atoms with Gasteiger partial charge in [0.15, 0.2) is 11.3 Å². The highest BCUT2D eigenvalue weighted by atomic mass is 32.2. The number of hydrogen-bond donors (Lipinski definition) is 2. The van der Waals surface area contributed by atoms with Crippen molar-refractivity contribution in [3.8, 4) is 11.5 Å². The molecule has 2 aliphatic rings. The van der Waals surface area contributed by atoms with Crippen LogP contribution in [0.3, 0.4) is 0 Å². The van der Waals surface area contributed by atoms with Crippen LogP contribution in [0.25, 0.3) is 0 Å². The molecule has 1 saturated heterocycles. The molecule has 0 bridgehead atoms. The lowest BCUT2D eigenvalue weighted by Gasteiger charge is -2.41. The molecule has 2 aliphatic heterocycles. The predicted octanol–water partition coefficient (Wildman–Crippen LogP) is 5.12. The van der Waals surface area contributed by atoms with Crippen molar-refractivity contribution in [1.82, 2.24) is 25.9 Å². The van der Waals surface area contributed by atoms with Gasteiger partial charge in [0.1, 0.15) is 18.1 Å². The molecule has 1 fully saturated rings. The first-order valence-electron chi connectivity index (χ1n) is 17.2. The molecule has 4 aromatic rings. The van der Waals surface area contributed by atoms with Gasteiger partial charge >= 0.3 is 0 Å². The number of ether oxygens (including phenoxy) is 4. The van der Waals surface area contributed by atoms with Crippen LogP contribution in [-0.2, 0) is 24.7 Å². The molecule has 50 heavy (non-hydrogen) atoms. The number of methoxy groups -OCH3 is 2. The molecule has 2 N–H and O–H groups in total. The number of aryl methyl sites for hydroxylation is 1. The Labute approximate surface area is 294 Å². The second-order valence-electron chi connectivity index (χ2n) is 13.8. The number of aromatic amines is 1. The summed E-state index contributed by atoms with van der Waals surface area (Å²) >= 11 is 0. The lowest BCUT2D eigenvalue weighted by atomic mass is 9.77. The van der Waals surface area contributed by atoms with E-state index in [4.69, 9.17) is 18.9 Å². The highest BCUT2D eigenvalue weighted by Gasteiger charge is 2.41. The fourth-order valence-electron chi connectivity index (χ4n) is 7.03. The Bertz CT molecular complexity index is 1800. The number of nitrogens with zero attached hydrogens (tertiary/aromatic N) is 4. The van der Waals surface area contributed by atoms with Gasteiger partial charge in [0.05, 0.1) is 30.3 Å². The Hall–Kier alpha value is -4.04. The van der Waals surface area contributed by atoms with Crippen LogP contribution < -0.4 is 19.7 Å². The molecule has 268 valence electrons. The Balaban J connectivity index is 1.36. The van der Waals surface area contributed by atoms with Gasteiger partial charge in [0.2, 0.25) is 9.84 Å². The van der Waals surface area contributed by atoms with E-state index in [2.05, 4.69) is 44.7 Å². The first-order valence-corrected chi connectivity index (χ1v) is 18.7. The highest BCUT2D eigenvalue weighted by molar-refractivity contribution is 7.91. The molecular weight excluding hydrogens is 657 g/mol. The zero-order valence-corrected chi connectivity index (χ0v) is 30.3. The molecule has 1 unspecified atom stereocenters. The molecule has 3 aromatic carbocycles. The zero-order chi connectivity index (χ0) is 35.3. The topological polar surface area (TPSA) is 141 Å². The van der Waals surface area contributed by atoms with Crippen molar-refractivity contribution in [1.29, 1.82) is 0 Å². The Kier molecular flexibility index (Phi) is 11.1. The smallest absolute Gasteiger partial charge is 0.209 e. The van der Waals surface area contributed by atoms with Gasteiger partial charge in [-0.3, -0.25) is 0 Å². The number of anilines is 1. The van der Waals surface area contributed by atoms with Crippen LogP contribution in [0, 0.1) is 6.92 Å². The number of H-pyrrole nitrogens is 1. The van der Waals surface area contributed by atoms with Gasteiger partial charge in [0, 0.05) is 44.2 Å². The van der Waals surface area contributed by atoms with E-state index in [1.165, 1.54) is 0 Å². The van der Waals surface area contributed by atoms with Crippen LogP contribution in [0.15, 0.2) is 71.6 Å². The van der Waals surface area contributed by atoms with E-state index in [-0.39, 0.29) is 22.3 Å². The molecule has 0 amide bonds. The van der Waals surface area contributed by atoms with Crippen molar-refractivity contribution >= 4 is 15.5 Å². The molecule has 1 aromatic heterocycles. The first-order chi connectivity index (χ1) is 24.1. The third-order valence-corrected chi connectivity index (χ3v) is 11.6. The lowest BCUT2D eigenvalue weighted by Crippen LogP contribution is -2.49. The summed E-state index contributed by atoms with van der Waals surface area (Å²) in [6.45, 7) is 9.25. The SMILES string of the molecule is COCCCN1CCOc2ccc(C(O[C@H]3CN[C@H](CC(C)(C)c4nn[nH]n4)C[C@@H]3c3ccc(OC)cc3)S(=O)(=O)c3ccc(C)cc3)cc21. The number of rotatable bonds is 14. The second kappa shape index (κ2) is 15.5. The van der Waals surface area contributed by atoms with E-state index < -0.39 is 21.4 Å². The van der Waals surface area contributed by atoms with Crippen molar-refractivity contribution in [3.05, 3.63) is 89.2 Å². The van der Waals surface area contributed by atoms with Gasteiger partial charge in [-0.2, -0.15) is 5.21 Å². The van der Waals surface area contributed by atoms with Crippen LogP contribution in [0.2, 0.25) is 0 Å². The van der Waals surface area contributed by atoms with Crippen molar-refractivity contribution in [2.45, 2.75) is 73.8 Å². The largest absolute Gasteiger partial charge is 0.497 e. The highest BCUT2D eigenvalue weighted by Crippen LogP contribution is 2.42. The fourth-order valence-corrected chi connectivity index (χ4v) is 8.59. The fraction of sp³-hybridized carbons (Fsp3) is 0.486. The quantitative estimate of drug-likeness (QED) is 0.169. The summed E-state index contributed by atoms with van der Waals surface area (Å²) in [6.07, 6.45) is 1.83. The minimum Gasteiger partial charge on any atom is -0.497 e. The van der Waals surface area contributed by atoms with E-state index in [9.17, 15) is 8.42 Å². The van der Waals surface area contributed by atoms with Crippen molar-refractivity contribution < 1.29 is 27.4 Å². The Morgan fingerprint density at radius 1 is 1.06 bits per heavy atom. The average Bonchev–Trinajstić information content (AvgIpc) is 3.68. The maximum atomic E-state index is 14.6. The molecule has 0 saturated carbocycles. The monoisotopic (exact) mass is 704 g/mol.